The van der Waals surface area contributed by atoms with Crippen LogP contribution in [0.1, 0.15) is 88.9 Å². The number of carbonyl (C=O) groups is 6. The minimum atomic E-state index is -0.733. The first-order valence-electron chi connectivity index (χ1n) is 16.6. The molecule has 2 aromatic rings. The molecule has 0 bridgehead atoms. The van der Waals surface area contributed by atoms with Crippen molar-refractivity contribution in [1.82, 2.24) is 41.9 Å². The summed E-state index contributed by atoms with van der Waals surface area (Å²) in [6.07, 6.45) is 3.57. The van der Waals surface area contributed by atoms with Crippen LogP contribution in [0.4, 0.5) is 11.6 Å². The van der Waals surface area contributed by atoms with Gasteiger partial charge >= 0.3 is 0 Å². The van der Waals surface area contributed by atoms with Crippen LogP contribution in [0.15, 0.2) is 46.9 Å². The van der Waals surface area contributed by atoms with Crippen LogP contribution in [0.5, 0.6) is 0 Å². The molecule has 0 unspecified atom stereocenters. The van der Waals surface area contributed by atoms with Gasteiger partial charge in [0.25, 0.3) is 11.8 Å². The molecule has 16 heteroatoms. The van der Waals surface area contributed by atoms with Crippen molar-refractivity contribution in [2.75, 3.05) is 13.1 Å². The van der Waals surface area contributed by atoms with Crippen molar-refractivity contribution in [2.45, 2.75) is 92.4 Å². The second-order valence-corrected chi connectivity index (χ2v) is 13.2. The molecule has 0 radical (unpaired) electrons. The second kappa shape index (κ2) is 20.3. The van der Waals surface area contributed by atoms with Gasteiger partial charge in [-0.3, -0.25) is 28.8 Å². The molecule has 6 amide bonds. The number of hydrogen-bond donors (Lipinski definition) is 6. The van der Waals surface area contributed by atoms with Crippen molar-refractivity contribution in [3.05, 3.63) is 47.8 Å². The van der Waals surface area contributed by atoms with Gasteiger partial charge in [0.15, 0.2) is 11.6 Å². The fraction of sp³-hybridized carbons (Fsp3) is 0.529. The van der Waals surface area contributed by atoms with E-state index in [4.69, 9.17) is 0 Å². The minimum Gasteiger partial charge on any atom is -0.352 e. The Morgan fingerprint density at radius 3 is 1.26 bits per heavy atom. The van der Waals surface area contributed by atoms with Gasteiger partial charge in [-0.25, -0.2) is 9.97 Å². The number of aromatic nitrogens is 2. The van der Waals surface area contributed by atoms with Crippen molar-refractivity contribution < 1.29 is 28.8 Å². The average Bonchev–Trinajstić information content (AvgIpc) is 3.03. The number of azo groups is 1. The van der Waals surface area contributed by atoms with Gasteiger partial charge in [-0.1, -0.05) is 27.7 Å². The number of nitrogens with zero attached hydrogens (tertiary/aromatic N) is 4. The van der Waals surface area contributed by atoms with Gasteiger partial charge in [0, 0.05) is 35.6 Å². The van der Waals surface area contributed by atoms with Gasteiger partial charge in [0.05, 0.1) is 13.1 Å². The number of hydrogen-bond acceptors (Lipinski definition) is 10. The summed E-state index contributed by atoms with van der Waals surface area (Å²) in [7, 11) is 0. The lowest BCUT2D eigenvalue weighted by atomic mass is 10.0. The zero-order chi connectivity index (χ0) is 37.4. The third kappa shape index (κ3) is 15.3. The summed E-state index contributed by atoms with van der Waals surface area (Å²) in [6.45, 7) is 14.4. The Morgan fingerprint density at radius 1 is 0.580 bits per heavy atom. The molecule has 0 aliphatic carbocycles. The molecule has 16 nitrogen and oxygen atoms in total. The monoisotopic (exact) mass is 694 g/mol. The average molecular weight is 695 g/mol. The highest BCUT2D eigenvalue weighted by Gasteiger charge is 2.24. The molecule has 272 valence electrons. The molecule has 50 heavy (non-hydrogen) atoms. The molecule has 2 aromatic heterocycles. The Balaban J connectivity index is 1.98. The maximum atomic E-state index is 12.8. The van der Waals surface area contributed by atoms with Crippen molar-refractivity contribution in [2.24, 2.45) is 22.1 Å². The predicted molar refractivity (Wildman–Crippen MR) is 187 cm³/mol. The highest BCUT2D eigenvalue weighted by atomic mass is 16.2. The van der Waals surface area contributed by atoms with Gasteiger partial charge in [0.2, 0.25) is 23.6 Å². The Morgan fingerprint density at radius 2 is 0.940 bits per heavy atom. The van der Waals surface area contributed by atoms with E-state index in [-0.39, 0.29) is 71.6 Å². The smallest absolute Gasteiger partial charge is 0.251 e. The van der Waals surface area contributed by atoms with Crippen LogP contribution in [-0.2, 0) is 19.2 Å². The predicted octanol–water partition coefficient (Wildman–Crippen LogP) is 2.46. The number of amides is 6. The first-order valence-corrected chi connectivity index (χ1v) is 16.6. The molecule has 6 N–H and O–H groups in total. The van der Waals surface area contributed by atoms with E-state index in [0.717, 1.165) is 0 Å². The fourth-order valence-corrected chi connectivity index (χ4v) is 4.52. The molecule has 0 spiro atoms. The zero-order valence-electron chi connectivity index (χ0n) is 30.0. The fourth-order valence-electron chi connectivity index (χ4n) is 4.52. The maximum Gasteiger partial charge on any atom is 0.251 e. The van der Waals surface area contributed by atoms with E-state index >= 15 is 0 Å². The Labute approximate surface area is 292 Å². The first-order chi connectivity index (χ1) is 23.5. The summed E-state index contributed by atoms with van der Waals surface area (Å²) in [5.74, 6) is -2.31. The summed E-state index contributed by atoms with van der Waals surface area (Å²) in [5.41, 5.74) is 0.324. The molecule has 0 saturated carbocycles. The lowest BCUT2D eigenvalue weighted by molar-refractivity contribution is -0.129. The van der Waals surface area contributed by atoms with E-state index in [2.05, 4.69) is 52.1 Å². The lowest BCUT2D eigenvalue weighted by Gasteiger charge is -2.21. The van der Waals surface area contributed by atoms with Crippen molar-refractivity contribution in [1.29, 1.82) is 0 Å². The van der Waals surface area contributed by atoms with Crippen molar-refractivity contribution in [3.63, 3.8) is 0 Å². The number of carbonyl (C=O) groups excluding carboxylic acids is 6. The molecule has 2 rings (SSSR count). The Kier molecular flexibility index (Phi) is 16.6. The van der Waals surface area contributed by atoms with Gasteiger partial charge < -0.3 is 31.9 Å². The van der Waals surface area contributed by atoms with E-state index in [0.29, 0.717) is 12.8 Å². The normalized spacial score (nSPS) is 12.5. The largest absolute Gasteiger partial charge is 0.352 e. The first kappa shape index (κ1) is 40.9. The van der Waals surface area contributed by atoms with Crippen LogP contribution >= 0.6 is 0 Å². The van der Waals surface area contributed by atoms with Gasteiger partial charge in [-0.2, -0.15) is 0 Å². The minimum absolute atomic E-state index is 0.0650. The molecular weight excluding hydrogens is 644 g/mol. The highest BCUT2D eigenvalue weighted by molar-refractivity contribution is 5.98. The van der Waals surface area contributed by atoms with E-state index < -0.39 is 35.7 Å². The molecule has 2 heterocycles. The van der Waals surface area contributed by atoms with Crippen LogP contribution < -0.4 is 31.9 Å². The molecule has 0 fully saturated rings. The van der Waals surface area contributed by atoms with E-state index in [9.17, 15) is 28.8 Å². The summed E-state index contributed by atoms with van der Waals surface area (Å²) in [5, 5.41) is 24.0. The third-order valence-corrected chi connectivity index (χ3v) is 6.67. The van der Waals surface area contributed by atoms with Crippen LogP contribution in [0.2, 0.25) is 0 Å². The summed E-state index contributed by atoms with van der Waals surface area (Å²) in [4.78, 5) is 83.8. The van der Waals surface area contributed by atoms with Gasteiger partial charge in [0.1, 0.15) is 12.1 Å². The zero-order valence-corrected chi connectivity index (χ0v) is 30.0. The quantitative estimate of drug-likeness (QED) is 0.127. The third-order valence-electron chi connectivity index (χ3n) is 6.67. The lowest BCUT2D eigenvalue weighted by Crippen LogP contribution is -2.51. The number of nitrogens with one attached hydrogen (secondary N) is 6. The number of rotatable bonds is 18. The van der Waals surface area contributed by atoms with E-state index in [1.165, 1.54) is 36.7 Å². The van der Waals surface area contributed by atoms with Crippen LogP contribution in [0.3, 0.4) is 0 Å². The van der Waals surface area contributed by atoms with E-state index in [1.54, 1.807) is 0 Å². The standard InChI is InChI=1S/C34H50N10O6/c1-19(2)13-25(33(49)39-21(5)6)41-29(45)17-37-31(47)23-9-11-35-27(15-23)43-44-28-16-24(10-12-36-28)32(48)38-18-30(46)42-26(14-20(3)4)34(50)40-22(7)8/h9-12,15-16,19-22,25-26H,13-14,17-18H2,1-8H3,(H,37,47)(H,38,48)(H,39,49)(H,40,50)(H,41,45)(H,42,46)/t25-,26-/m0/s1. The van der Waals surface area contributed by atoms with Gasteiger partial charge in [-0.05, 0) is 76.6 Å². The van der Waals surface area contributed by atoms with Crippen molar-refractivity contribution in [3.8, 4) is 0 Å². The van der Waals surface area contributed by atoms with Crippen molar-refractivity contribution >= 4 is 47.1 Å². The summed E-state index contributed by atoms with van der Waals surface area (Å²) >= 11 is 0. The molecule has 0 aromatic carbocycles. The second-order valence-electron chi connectivity index (χ2n) is 13.2. The molecular formula is C34H50N10O6. The van der Waals surface area contributed by atoms with Crippen LogP contribution in [0, 0.1) is 11.8 Å². The highest BCUT2D eigenvalue weighted by Crippen LogP contribution is 2.17. The summed E-state index contributed by atoms with van der Waals surface area (Å²) in [6, 6.07) is 3.95. The molecule has 0 aliphatic rings. The summed E-state index contributed by atoms with van der Waals surface area (Å²) < 4.78 is 0. The maximum absolute atomic E-state index is 12.8. The SMILES string of the molecule is CC(C)C[C@H](NC(=O)CNC(=O)c1ccnc(N=Nc2cc(C(=O)NCC(=O)N[C@@H](CC(C)C)C(=O)NC(C)C)ccn2)c1)C(=O)NC(C)C. The Bertz CT molecular complexity index is 1410. The van der Waals surface area contributed by atoms with Crippen LogP contribution in [0.25, 0.3) is 0 Å². The van der Waals surface area contributed by atoms with Gasteiger partial charge in [-0.15, -0.1) is 10.2 Å². The molecule has 0 aliphatic heterocycles. The molecule has 2 atom stereocenters. The van der Waals surface area contributed by atoms with Crippen LogP contribution in [-0.4, -0.2) is 82.7 Å². The Hall–Kier alpha value is -5.28. The van der Waals surface area contributed by atoms with E-state index in [1.807, 2.05) is 55.4 Å². The molecule has 0 saturated heterocycles. The number of pyridine rings is 2. The topological polar surface area (TPSA) is 225 Å².